The van der Waals surface area contributed by atoms with Gasteiger partial charge >= 0.3 is 0 Å². The van der Waals surface area contributed by atoms with E-state index in [-0.39, 0.29) is 23.3 Å². The molecule has 1 saturated heterocycles. The fourth-order valence-electron chi connectivity index (χ4n) is 2.92. The number of piperazine rings is 1. The van der Waals surface area contributed by atoms with Crippen molar-refractivity contribution in [3.05, 3.63) is 0 Å². The van der Waals surface area contributed by atoms with Gasteiger partial charge in [0.2, 0.25) is 11.8 Å². The van der Waals surface area contributed by atoms with Gasteiger partial charge in [0.1, 0.15) is 11.6 Å². The summed E-state index contributed by atoms with van der Waals surface area (Å²) < 4.78 is 0. The second kappa shape index (κ2) is 5.74. The van der Waals surface area contributed by atoms with Crippen molar-refractivity contribution in [1.82, 2.24) is 10.2 Å². The van der Waals surface area contributed by atoms with Crippen LogP contribution in [0, 0.1) is 11.3 Å². The van der Waals surface area contributed by atoms with E-state index in [2.05, 4.69) is 19.2 Å². The first-order valence-corrected chi connectivity index (χ1v) is 7.67. The van der Waals surface area contributed by atoms with E-state index in [1.165, 1.54) is 0 Å². The first-order valence-electron chi connectivity index (χ1n) is 7.67. The van der Waals surface area contributed by atoms with Crippen LogP contribution in [0.15, 0.2) is 0 Å². The summed E-state index contributed by atoms with van der Waals surface area (Å²) in [5.41, 5.74) is -1.06. The van der Waals surface area contributed by atoms with Gasteiger partial charge < -0.3 is 10.2 Å². The third-order valence-corrected chi connectivity index (χ3v) is 4.22. The summed E-state index contributed by atoms with van der Waals surface area (Å²) in [5.74, 6) is 0.447. The van der Waals surface area contributed by atoms with Gasteiger partial charge in [-0.05, 0) is 25.2 Å². The highest BCUT2D eigenvalue weighted by molar-refractivity contribution is 5.99. The van der Waals surface area contributed by atoms with Crippen LogP contribution in [-0.4, -0.2) is 34.8 Å². The Labute approximate surface area is 123 Å². The molecule has 0 aromatic heterocycles. The normalized spacial score (nSPS) is 23.2. The quantitative estimate of drug-likeness (QED) is 0.861. The van der Waals surface area contributed by atoms with Crippen LogP contribution >= 0.6 is 0 Å². The number of amides is 2. The predicted molar refractivity (Wildman–Crippen MR) is 81.2 cm³/mol. The first kappa shape index (κ1) is 17.0. The fraction of sp³-hybridized carbons (Fsp3) is 0.875. The van der Waals surface area contributed by atoms with Crippen LogP contribution in [0.1, 0.15) is 61.3 Å². The molecule has 1 rings (SSSR count). The van der Waals surface area contributed by atoms with E-state index in [1.54, 1.807) is 13.8 Å². The van der Waals surface area contributed by atoms with E-state index in [1.807, 2.05) is 25.7 Å². The van der Waals surface area contributed by atoms with Crippen molar-refractivity contribution in [3.63, 3.8) is 0 Å². The SMILES string of the molecule is CCC(CC)CN1C(=O)C(C)(C)NC(=O)C1C(C)(C)C. The van der Waals surface area contributed by atoms with Crippen LogP contribution in [0.2, 0.25) is 0 Å². The monoisotopic (exact) mass is 282 g/mol. The standard InChI is InChI=1S/C16H30N2O2/c1-8-11(9-2)10-18-12(15(3,4)5)13(19)17-16(6,7)14(18)20/h11-12H,8-10H2,1-7H3,(H,17,19). The molecule has 0 aromatic carbocycles. The molecule has 1 fully saturated rings. The van der Waals surface area contributed by atoms with Crippen LogP contribution in [0.25, 0.3) is 0 Å². The molecule has 0 aliphatic carbocycles. The van der Waals surface area contributed by atoms with Gasteiger partial charge in [-0.1, -0.05) is 47.5 Å². The highest BCUT2D eigenvalue weighted by atomic mass is 16.2. The average molecular weight is 282 g/mol. The number of carbonyl (C=O) groups excluding carboxylic acids is 2. The van der Waals surface area contributed by atoms with Crippen molar-refractivity contribution in [2.75, 3.05) is 6.54 Å². The number of carbonyl (C=O) groups is 2. The summed E-state index contributed by atoms with van der Waals surface area (Å²) in [7, 11) is 0. The summed E-state index contributed by atoms with van der Waals surface area (Å²) >= 11 is 0. The van der Waals surface area contributed by atoms with E-state index in [0.717, 1.165) is 12.8 Å². The lowest BCUT2D eigenvalue weighted by molar-refractivity contribution is -0.158. The molecule has 4 heteroatoms. The van der Waals surface area contributed by atoms with E-state index >= 15 is 0 Å². The van der Waals surface area contributed by atoms with Crippen LogP contribution in [0.3, 0.4) is 0 Å². The number of hydrogen-bond acceptors (Lipinski definition) is 2. The molecule has 1 unspecified atom stereocenters. The topological polar surface area (TPSA) is 49.4 Å². The summed E-state index contributed by atoms with van der Waals surface area (Å²) in [6, 6.07) is -0.386. The van der Waals surface area contributed by atoms with Gasteiger partial charge in [0.05, 0.1) is 0 Å². The van der Waals surface area contributed by atoms with Crippen molar-refractivity contribution < 1.29 is 9.59 Å². The van der Waals surface area contributed by atoms with E-state index in [4.69, 9.17) is 0 Å². The Morgan fingerprint density at radius 2 is 1.70 bits per heavy atom. The van der Waals surface area contributed by atoms with Gasteiger partial charge in [-0.2, -0.15) is 0 Å². The maximum absolute atomic E-state index is 12.7. The number of nitrogens with zero attached hydrogens (tertiary/aromatic N) is 1. The van der Waals surface area contributed by atoms with E-state index < -0.39 is 5.54 Å². The zero-order chi connectivity index (χ0) is 15.7. The minimum atomic E-state index is -0.801. The lowest BCUT2D eigenvalue weighted by Crippen LogP contribution is -2.71. The van der Waals surface area contributed by atoms with Crippen LogP contribution in [0.4, 0.5) is 0 Å². The minimum absolute atomic E-state index is 0.0314. The third kappa shape index (κ3) is 3.33. The lowest BCUT2D eigenvalue weighted by Gasteiger charge is -2.48. The molecule has 0 spiro atoms. The molecular formula is C16H30N2O2. The average Bonchev–Trinajstić information content (AvgIpc) is 2.29. The van der Waals surface area contributed by atoms with Gasteiger partial charge in [0.15, 0.2) is 0 Å². The Bertz CT molecular complexity index is 378. The molecule has 1 aliphatic heterocycles. The highest BCUT2D eigenvalue weighted by Crippen LogP contribution is 2.31. The number of hydrogen-bond donors (Lipinski definition) is 1. The molecule has 1 aliphatic rings. The second-order valence-electron chi connectivity index (χ2n) is 7.52. The Balaban J connectivity index is 3.13. The molecule has 1 heterocycles. The van der Waals surface area contributed by atoms with Crippen molar-refractivity contribution in [1.29, 1.82) is 0 Å². The van der Waals surface area contributed by atoms with Gasteiger partial charge in [0.25, 0.3) is 0 Å². The van der Waals surface area contributed by atoms with Gasteiger partial charge in [-0.25, -0.2) is 0 Å². The molecule has 0 aromatic rings. The van der Waals surface area contributed by atoms with Gasteiger partial charge in [-0.15, -0.1) is 0 Å². The smallest absolute Gasteiger partial charge is 0.248 e. The van der Waals surface area contributed by atoms with Gasteiger partial charge in [-0.3, -0.25) is 9.59 Å². The molecule has 0 saturated carbocycles. The molecule has 1 atom stereocenters. The Morgan fingerprint density at radius 3 is 2.10 bits per heavy atom. The third-order valence-electron chi connectivity index (χ3n) is 4.22. The van der Waals surface area contributed by atoms with Crippen molar-refractivity contribution >= 4 is 11.8 Å². The van der Waals surface area contributed by atoms with Crippen molar-refractivity contribution in [2.24, 2.45) is 11.3 Å². The molecule has 20 heavy (non-hydrogen) atoms. The summed E-state index contributed by atoms with van der Waals surface area (Å²) in [4.78, 5) is 27.0. The van der Waals surface area contributed by atoms with E-state index in [0.29, 0.717) is 12.5 Å². The number of nitrogens with one attached hydrogen (secondary N) is 1. The Morgan fingerprint density at radius 1 is 1.20 bits per heavy atom. The van der Waals surface area contributed by atoms with Crippen LogP contribution in [0.5, 0.6) is 0 Å². The summed E-state index contributed by atoms with van der Waals surface area (Å²) in [5, 5.41) is 2.87. The number of rotatable bonds is 4. The minimum Gasteiger partial charge on any atom is -0.340 e. The molecule has 1 N–H and O–H groups in total. The van der Waals surface area contributed by atoms with Crippen molar-refractivity contribution in [3.8, 4) is 0 Å². The highest BCUT2D eigenvalue weighted by Gasteiger charge is 2.49. The molecular weight excluding hydrogens is 252 g/mol. The summed E-state index contributed by atoms with van der Waals surface area (Å²) in [6.45, 7) is 14.6. The fourth-order valence-corrected chi connectivity index (χ4v) is 2.92. The maximum Gasteiger partial charge on any atom is 0.248 e. The van der Waals surface area contributed by atoms with Gasteiger partial charge in [0, 0.05) is 6.54 Å². The van der Waals surface area contributed by atoms with E-state index in [9.17, 15) is 9.59 Å². The molecule has 0 radical (unpaired) electrons. The first-order chi connectivity index (χ1) is 9.04. The zero-order valence-electron chi connectivity index (χ0n) is 14.0. The Kier molecular flexibility index (Phi) is 4.88. The van der Waals surface area contributed by atoms with Crippen molar-refractivity contribution in [2.45, 2.75) is 72.9 Å². The second-order valence-corrected chi connectivity index (χ2v) is 7.52. The maximum atomic E-state index is 12.7. The molecule has 116 valence electrons. The largest absolute Gasteiger partial charge is 0.340 e. The van der Waals surface area contributed by atoms with Crippen LogP contribution in [-0.2, 0) is 9.59 Å². The predicted octanol–water partition coefficient (Wildman–Crippen LogP) is 2.57. The molecule has 2 amide bonds. The lowest BCUT2D eigenvalue weighted by atomic mass is 9.80. The zero-order valence-corrected chi connectivity index (χ0v) is 14.0. The molecule has 4 nitrogen and oxygen atoms in total. The summed E-state index contributed by atoms with van der Waals surface area (Å²) in [6.07, 6.45) is 2.05. The van der Waals surface area contributed by atoms with Crippen LogP contribution < -0.4 is 5.32 Å². The Hall–Kier alpha value is -1.06. The molecule has 0 bridgehead atoms.